The van der Waals surface area contributed by atoms with Crippen molar-refractivity contribution in [3.05, 3.63) is 47.9 Å². The molecule has 0 aliphatic carbocycles. The number of pyridine rings is 1. The lowest BCUT2D eigenvalue weighted by molar-refractivity contribution is -0.141. The minimum atomic E-state index is -4.56. The van der Waals surface area contributed by atoms with Gasteiger partial charge in [0.1, 0.15) is 11.5 Å². The van der Waals surface area contributed by atoms with Gasteiger partial charge in [0.05, 0.1) is 5.69 Å². The summed E-state index contributed by atoms with van der Waals surface area (Å²) in [6.07, 6.45) is -4.56. The molecule has 0 atom stereocenters. The summed E-state index contributed by atoms with van der Waals surface area (Å²) >= 11 is 0. The van der Waals surface area contributed by atoms with Crippen molar-refractivity contribution in [3.8, 4) is 11.6 Å². The van der Waals surface area contributed by atoms with Crippen LogP contribution in [-0.4, -0.2) is 4.98 Å². The minimum Gasteiger partial charge on any atom is -0.437 e. The van der Waals surface area contributed by atoms with E-state index in [0.29, 0.717) is 0 Å². The molecular formula is C12H8F4N2O. The Morgan fingerprint density at radius 1 is 1.11 bits per heavy atom. The van der Waals surface area contributed by atoms with Crippen molar-refractivity contribution in [2.24, 2.45) is 0 Å². The van der Waals surface area contributed by atoms with Crippen LogP contribution in [-0.2, 0) is 6.18 Å². The van der Waals surface area contributed by atoms with Crippen molar-refractivity contribution in [1.29, 1.82) is 0 Å². The van der Waals surface area contributed by atoms with Crippen molar-refractivity contribution in [3.63, 3.8) is 0 Å². The average Bonchev–Trinajstić information content (AvgIpc) is 2.32. The Bertz CT molecular complexity index is 599. The SMILES string of the molecule is Nc1cc(F)ccc1Oc1cccc(C(F)(F)F)n1. The zero-order chi connectivity index (χ0) is 14.0. The highest BCUT2D eigenvalue weighted by Crippen LogP contribution is 2.31. The number of halogens is 4. The normalized spacial score (nSPS) is 11.4. The van der Waals surface area contributed by atoms with Crippen LogP contribution in [0.4, 0.5) is 23.2 Å². The summed E-state index contributed by atoms with van der Waals surface area (Å²) in [5, 5.41) is 0. The zero-order valence-corrected chi connectivity index (χ0v) is 9.41. The van der Waals surface area contributed by atoms with E-state index in [4.69, 9.17) is 10.5 Å². The molecule has 2 N–H and O–H groups in total. The molecule has 0 bridgehead atoms. The van der Waals surface area contributed by atoms with E-state index in [1.54, 1.807) is 0 Å². The van der Waals surface area contributed by atoms with Gasteiger partial charge < -0.3 is 10.5 Å². The summed E-state index contributed by atoms with van der Waals surface area (Å²) < 4.78 is 55.2. The Morgan fingerprint density at radius 3 is 2.47 bits per heavy atom. The fourth-order valence-electron chi connectivity index (χ4n) is 1.35. The van der Waals surface area contributed by atoms with Crippen molar-refractivity contribution >= 4 is 5.69 Å². The fourth-order valence-corrected chi connectivity index (χ4v) is 1.35. The number of benzene rings is 1. The highest BCUT2D eigenvalue weighted by Gasteiger charge is 2.32. The number of hydrogen-bond donors (Lipinski definition) is 1. The maximum Gasteiger partial charge on any atom is 0.433 e. The van der Waals surface area contributed by atoms with Crippen molar-refractivity contribution in [2.45, 2.75) is 6.18 Å². The number of aromatic nitrogens is 1. The topological polar surface area (TPSA) is 48.1 Å². The lowest BCUT2D eigenvalue weighted by Gasteiger charge is -2.10. The monoisotopic (exact) mass is 272 g/mol. The molecule has 1 heterocycles. The van der Waals surface area contributed by atoms with Gasteiger partial charge in [-0.05, 0) is 18.2 Å². The fraction of sp³-hybridized carbons (Fsp3) is 0.0833. The molecule has 0 saturated heterocycles. The second-order valence-electron chi connectivity index (χ2n) is 3.64. The number of nitrogen functional groups attached to an aromatic ring is 1. The molecule has 3 nitrogen and oxygen atoms in total. The number of hydrogen-bond acceptors (Lipinski definition) is 3. The lowest BCUT2D eigenvalue weighted by atomic mass is 10.3. The maximum atomic E-state index is 12.8. The third-order valence-corrected chi connectivity index (χ3v) is 2.20. The molecule has 100 valence electrons. The van der Waals surface area contributed by atoms with Gasteiger partial charge in [-0.3, -0.25) is 0 Å². The van der Waals surface area contributed by atoms with Crippen LogP contribution >= 0.6 is 0 Å². The van der Waals surface area contributed by atoms with Crippen LogP contribution in [0.15, 0.2) is 36.4 Å². The Hall–Kier alpha value is -2.31. The molecule has 2 rings (SSSR count). The van der Waals surface area contributed by atoms with E-state index in [2.05, 4.69) is 4.98 Å². The number of nitrogens with two attached hydrogens (primary N) is 1. The molecule has 19 heavy (non-hydrogen) atoms. The third-order valence-electron chi connectivity index (χ3n) is 2.20. The Labute approximate surface area is 105 Å². The van der Waals surface area contributed by atoms with E-state index < -0.39 is 17.7 Å². The van der Waals surface area contributed by atoms with Gasteiger partial charge in [-0.2, -0.15) is 13.2 Å². The highest BCUT2D eigenvalue weighted by atomic mass is 19.4. The number of rotatable bonds is 2. The van der Waals surface area contributed by atoms with Crippen molar-refractivity contribution in [2.75, 3.05) is 5.73 Å². The van der Waals surface area contributed by atoms with E-state index >= 15 is 0 Å². The Morgan fingerprint density at radius 2 is 1.84 bits per heavy atom. The summed E-state index contributed by atoms with van der Waals surface area (Å²) in [7, 11) is 0. The van der Waals surface area contributed by atoms with Gasteiger partial charge in [-0.25, -0.2) is 9.37 Å². The smallest absolute Gasteiger partial charge is 0.433 e. The van der Waals surface area contributed by atoms with Gasteiger partial charge >= 0.3 is 6.18 Å². The first-order valence-corrected chi connectivity index (χ1v) is 5.13. The highest BCUT2D eigenvalue weighted by molar-refractivity contribution is 5.53. The Balaban J connectivity index is 2.29. The number of nitrogens with zero attached hydrogens (tertiary/aromatic N) is 1. The zero-order valence-electron chi connectivity index (χ0n) is 9.41. The minimum absolute atomic E-state index is 0.0285. The largest absolute Gasteiger partial charge is 0.437 e. The molecule has 0 unspecified atom stereocenters. The second kappa shape index (κ2) is 4.75. The molecule has 0 aliphatic rings. The Kier molecular flexibility index (Phi) is 3.28. The van der Waals surface area contributed by atoms with Crippen LogP contribution in [0.5, 0.6) is 11.6 Å². The standard InChI is InChI=1S/C12H8F4N2O/c13-7-4-5-9(8(17)6-7)19-11-3-1-2-10(18-11)12(14,15)16/h1-6H,17H2. The van der Waals surface area contributed by atoms with E-state index in [1.165, 1.54) is 12.1 Å². The van der Waals surface area contributed by atoms with E-state index in [-0.39, 0.29) is 17.3 Å². The van der Waals surface area contributed by atoms with E-state index in [1.807, 2.05) is 0 Å². The van der Waals surface area contributed by atoms with Gasteiger partial charge in [0.25, 0.3) is 0 Å². The van der Waals surface area contributed by atoms with Crippen LogP contribution in [0.2, 0.25) is 0 Å². The van der Waals surface area contributed by atoms with E-state index in [0.717, 1.165) is 24.3 Å². The first kappa shape index (κ1) is 13.1. The summed E-state index contributed by atoms with van der Waals surface area (Å²) in [6.45, 7) is 0. The molecule has 0 fully saturated rings. The molecule has 0 saturated carbocycles. The van der Waals surface area contributed by atoms with Gasteiger partial charge in [-0.15, -0.1) is 0 Å². The molecule has 0 aliphatic heterocycles. The second-order valence-corrected chi connectivity index (χ2v) is 3.64. The maximum absolute atomic E-state index is 12.8. The van der Waals surface area contributed by atoms with Crippen molar-refractivity contribution in [1.82, 2.24) is 4.98 Å². The van der Waals surface area contributed by atoms with Gasteiger partial charge in [0.15, 0.2) is 5.75 Å². The predicted molar refractivity (Wildman–Crippen MR) is 60.1 cm³/mol. The van der Waals surface area contributed by atoms with Crippen LogP contribution < -0.4 is 10.5 Å². The van der Waals surface area contributed by atoms with Crippen LogP contribution in [0, 0.1) is 5.82 Å². The molecular weight excluding hydrogens is 264 g/mol. The summed E-state index contributed by atoms with van der Waals surface area (Å²) in [5.41, 5.74) is 4.37. The lowest BCUT2D eigenvalue weighted by Crippen LogP contribution is -2.08. The van der Waals surface area contributed by atoms with Gasteiger partial charge in [-0.1, -0.05) is 6.07 Å². The average molecular weight is 272 g/mol. The summed E-state index contributed by atoms with van der Waals surface area (Å²) in [5.74, 6) is -0.803. The number of anilines is 1. The molecule has 0 amide bonds. The van der Waals surface area contributed by atoms with Crippen LogP contribution in [0.1, 0.15) is 5.69 Å². The van der Waals surface area contributed by atoms with Gasteiger partial charge in [0.2, 0.25) is 5.88 Å². The molecule has 1 aromatic heterocycles. The van der Waals surface area contributed by atoms with Crippen molar-refractivity contribution < 1.29 is 22.3 Å². The van der Waals surface area contributed by atoms with Crippen LogP contribution in [0.3, 0.4) is 0 Å². The third kappa shape index (κ3) is 3.12. The quantitative estimate of drug-likeness (QED) is 0.671. The molecule has 2 aromatic rings. The molecule has 0 spiro atoms. The molecule has 7 heteroatoms. The number of ether oxygens (including phenoxy) is 1. The van der Waals surface area contributed by atoms with Crippen LogP contribution in [0.25, 0.3) is 0 Å². The molecule has 1 aromatic carbocycles. The molecule has 0 radical (unpaired) electrons. The summed E-state index contributed by atoms with van der Waals surface area (Å²) in [4.78, 5) is 3.31. The predicted octanol–water partition coefficient (Wildman–Crippen LogP) is 3.61. The summed E-state index contributed by atoms with van der Waals surface area (Å²) in [6, 6.07) is 6.53. The van der Waals surface area contributed by atoms with E-state index in [9.17, 15) is 17.6 Å². The number of alkyl halides is 3. The first-order valence-electron chi connectivity index (χ1n) is 5.13. The van der Waals surface area contributed by atoms with Gasteiger partial charge in [0, 0.05) is 12.1 Å². The first-order chi connectivity index (χ1) is 8.86.